The van der Waals surface area contributed by atoms with E-state index in [1.54, 1.807) is 0 Å². The van der Waals surface area contributed by atoms with Gasteiger partial charge in [0.15, 0.2) is 12.6 Å². The van der Waals surface area contributed by atoms with Crippen LogP contribution in [0.4, 0.5) is 0 Å². The predicted molar refractivity (Wildman–Crippen MR) is 173 cm³/mol. The van der Waals surface area contributed by atoms with Crippen LogP contribution in [-0.4, -0.2) is 135 Å². The molecule has 2 heterocycles. The van der Waals surface area contributed by atoms with Crippen molar-refractivity contribution in [3.05, 3.63) is 22.6 Å². The summed E-state index contributed by atoms with van der Waals surface area (Å²) in [6.45, 7) is 1.59. The molecule has 0 spiro atoms. The molecule has 16 heteroatoms. The van der Waals surface area contributed by atoms with Crippen molar-refractivity contribution in [2.45, 2.75) is 164 Å². The number of aliphatic hydroxyl groups excluding tert-OH is 7. The van der Waals surface area contributed by atoms with Gasteiger partial charge in [0.05, 0.1) is 32.0 Å². The van der Waals surface area contributed by atoms with Gasteiger partial charge in [-0.15, -0.1) is 0 Å². The van der Waals surface area contributed by atoms with E-state index in [0.717, 1.165) is 25.7 Å². The van der Waals surface area contributed by atoms with E-state index < -0.39 is 92.6 Å². The molecule has 2 aliphatic heterocycles. The maximum atomic E-state index is 12.0. The van der Waals surface area contributed by atoms with E-state index in [2.05, 4.69) is 22.3 Å². The maximum Gasteiger partial charge on any atom is 0.217 e. The van der Waals surface area contributed by atoms with Crippen molar-refractivity contribution in [1.29, 1.82) is 0 Å². The largest absolute Gasteiger partial charge is 0.394 e. The molecule has 2 saturated heterocycles. The van der Waals surface area contributed by atoms with Crippen LogP contribution in [0.3, 0.4) is 0 Å². The van der Waals surface area contributed by atoms with Crippen molar-refractivity contribution in [3.8, 4) is 0 Å². The van der Waals surface area contributed by atoms with Gasteiger partial charge in [-0.2, -0.15) is 0 Å². The van der Waals surface area contributed by atoms with Crippen LogP contribution in [0.15, 0.2) is 17.3 Å². The average molecular weight is 691 g/mol. The fourth-order valence-corrected chi connectivity index (χ4v) is 5.85. The molecule has 2 rings (SSSR count). The number of unbranched alkanes of at least 4 members (excludes halogenated alkanes) is 11. The van der Waals surface area contributed by atoms with Crippen LogP contribution in [0.25, 0.3) is 10.4 Å². The van der Waals surface area contributed by atoms with E-state index in [4.69, 9.17) is 24.5 Å². The molecule has 16 nitrogen and oxygen atoms in total. The molecule has 1 amide bonds. The first-order chi connectivity index (χ1) is 23.1. The first-order valence-electron chi connectivity index (χ1n) is 17.3. The summed E-state index contributed by atoms with van der Waals surface area (Å²) in [5, 5.41) is 78.1. The third kappa shape index (κ3) is 13.8. The first-order valence-corrected chi connectivity index (χ1v) is 17.3. The second-order valence-corrected chi connectivity index (χ2v) is 12.6. The minimum atomic E-state index is -1.79. The highest BCUT2D eigenvalue weighted by atomic mass is 16.7. The van der Waals surface area contributed by atoms with Gasteiger partial charge in [0.1, 0.15) is 48.8 Å². The van der Waals surface area contributed by atoms with E-state index in [0.29, 0.717) is 0 Å². The zero-order valence-electron chi connectivity index (χ0n) is 28.2. The summed E-state index contributed by atoms with van der Waals surface area (Å²) < 4.78 is 22.6. The second-order valence-electron chi connectivity index (χ2n) is 12.6. The van der Waals surface area contributed by atoms with Gasteiger partial charge in [0.2, 0.25) is 5.91 Å². The molecule has 0 aliphatic carbocycles. The Morgan fingerprint density at radius 3 is 2.02 bits per heavy atom. The lowest BCUT2D eigenvalue weighted by Gasteiger charge is -2.47. The van der Waals surface area contributed by atoms with E-state index in [-0.39, 0.29) is 6.61 Å². The van der Waals surface area contributed by atoms with Gasteiger partial charge in [-0.3, -0.25) is 4.79 Å². The number of amides is 1. The molecule has 0 radical (unpaired) electrons. The molecule has 0 saturated carbocycles. The van der Waals surface area contributed by atoms with Crippen LogP contribution in [0.1, 0.15) is 90.9 Å². The molecule has 0 bridgehead atoms. The van der Waals surface area contributed by atoms with Crippen LogP contribution in [0, 0.1) is 0 Å². The zero-order chi connectivity index (χ0) is 35.5. The van der Waals surface area contributed by atoms with E-state index in [1.807, 2.05) is 6.08 Å². The molecule has 0 aromatic rings. The van der Waals surface area contributed by atoms with Crippen molar-refractivity contribution < 1.29 is 59.5 Å². The molecule has 8 N–H and O–H groups in total. The van der Waals surface area contributed by atoms with Crippen LogP contribution >= 0.6 is 0 Å². The molecule has 0 unspecified atom stereocenters. The third-order valence-electron chi connectivity index (χ3n) is 8.70. The number of azide groups is 1. The Bertz CT molecular complexity index is 971. The molecule has 12 atom stereocenters. The monoisotopic (exact) mass is 690 g/mol. The average Bonchev–Trinajstić information content (AvgIpc) is 3.07. The molecule has 48 heavy (non-hydrogen) atoms. The van der Waals surface area contributed by atoms with Crippen molar-refractivity contribution in [2.24, 2.45) is 5.11 Å². The Kier molecular flexibility index (Phi) is 20.7. The number of ether oxygens (including phenoxy) is 4. The minimum Gasteiger partial charge on any atom is -0.394 e. The van der Waals surface area contributed by atoms with Crippen molar-refractivity contribution in [3.63, 3.8) is 0 Å². The molecule has 2 fully saturated rings. The van der Waals surface area contributed by atoms with Gasteiger partial charge >= 0.3 is 0 Å². The van der Waals surface area contributed by atoms with Crippen LogP contribution < -0.4 is 5.32 Å². The number of carbonyl (C=O) groups is 1. The Morgan fingerprint density at radius 1 is 0.875 bits per heavy atom. The summed E-state index contributed by atoms with van der Waals surface area (Å²) in [6, 6.07) is -2.39. The SMILES string of the molecule is CCCCCCCCCCCCC/C=C/[C@@H](O)[C@H](CO[C@@H]1O[C@H](CO)[C@@H](O[C@@H]2O[C@H](CO)[C@H](O)[C@H](O)[C@H]2O)[C@H](O)[C@H]1NC(C)=O)N=[N+]=[N-]. The summed E-state index contributed by atoms with van der Waals surface area (Å²) >= 11 is 0. The lowest BCUT2D eigenvalue weighted by molar-refractivity contribution is -0.348. The van der Waals surface area contributed by atoms with Crippen LogP contribution in [-0.2, 0) is 23.7 Å². The topological polar surface area (TPSA) is 256 Å². The highest BCUT2D eigenvalue weighted by molar-refractivity contribution is 5.73. The number of hydrogen-bond acceptors (Lipinski definition) is 13. The quantitative estimate of drug-likeness (QED) is 0.0246. The van der Waals surface area contributed by atoms with Gasteiger partial charge < -0.3 is 60.0 Å². The number of aliphatic hydroxyl groups is 7. The van der Waals surface area contributed by atoms with Crippen LogP contribution in [0.5, 0.6) is 0 Å². The standard InChI is InChI=1S/C32H58N4O12/c1-3-4-5-6-7-8-9-10-11-12-13-14-15-16-22(40)21(35-36-33)19-45-31-25(34-20(2)39)27(42)30(24(18-38)47-31)48-32-29(44)28(43)26(41)23(17-37)46-32/h15-16,21-32,37-38,40-44H,3-14,17-19H2,1-2H3,(H,34,39)/b16-15+/t21-,22+,23+,24+,25+,26-,27+,28-,29+,30+,31+,32-/m0/s1. The minimum absolute atomic E-state index is 0.377. The Balaban J connectivity index is 1.92. The predicted octanol–water partition coefficient (Wildman–Crippen LogP) is 1.07. The van der Waals surface area contributed by atoms with Crippen molar-refractivity contribution in [1.82, 2.24) is 5.32 Å². The Hall–Kier alpha value is -1.92. The highest BCUT2D eigenvalue weighted by Crippen LogP contribution is 2.30. The number of nitrogens with zero attached hydrogens (tertiary/aromatic N) is 3. The van der Waals surface area contributed by atoms with E-state index >= 15 is 0 Å². The lowest BCUT2D eigenvalue weighted by atomic mass is 9.95. The van der Waals surface area contributed by atoms with Gasteiger partial charge in [0, 0.05) is 11.8 Å². The summed E-state index contributed by atoms with van der Waals surface area (Å²) in [4.78, 5) is 14.8. The van der Waals surface area contributed by atoms with Gasteiger partial charge in [0.25, 0.3) is 0 Å². The van der Waals surface area contributed by atoms with Gasteiger partial charge in [-0.25, -0.2) is 0 Å². The zero-order valence-corrected chi connectivity index (χ0v) is 28.2. The molecular formula is C32H58N4O12. The molecule has 278 valence electrons. The summed E-state index contributed by atoms with van der Waals surface area (Å²) in [6.07, 6.45) is 2.44. The smallest absolute Gasteiger partial charge is 0.217 e. The highest BCUT2D eigenvalue weighted by Gasteiger charge is 2.51. The second kappa shape index (κ2) is 23.5. The third-order valence-corrected chi connectivity index (χ3v) is 8.70. The summed E-state index contributed by atoms with van der Waals surface area (Å²) in [5.74, 6) is -0.581. The van der Waals surface area contributed by atoms with Crippen molar-refractivity contribution >= 4 is 5.91 Å². The molecule has 2 aliphatic rings. The first kappa shape index (κ1) is 42.2. The normalized spacial score (nSPS) is 32.1. The van der Waals surface area contributed by atoms with Crippen LogP contribution in [0.2, 0.25) is 0 Å². The van der Waals surface area contributed by atoms with Crippen molar-refractivity contribution in [2.75, 3.05) is 19.8 Å². The Morgan fingerprint density at radius 2 is 1.46 bits per heavy atom. The number of allylic oxidation sites excluding steroid dienone is 1. The number of nitrogens with one attached hydrogen (secondary N) is 1. The number of rotatable bonds is 23. The Labute approximate surface area is 282 Å². The molecule has 0 aromatic heterocycles. The molecular weight excluding hydrogens is 632 g/mol. The van der Waals surface area contributed by atoms with E-state index in [9.17, 15) is 40.5 Å². The number of hydrogen-bond donors (Lipinski definition) is 8. The van der Waals surface area contributed by atoms with Gasteiger partial charge in [-0.05, 0) is 18.4 Å². The summed E-state index contributed by atoms with van der Waals surface area (Å²) in [7, 11) is 0. The lowest BCUT2D eigenvalue weighted by Crippen LogP contribution is -2.67. The fraction of sp³-hybridized carbons (Fsp3) is 0.906. The van der Waals surface area contributed by atoms with Gasteiger partial charge in [-0.1, -0.05) is 88.4 Å². The fourth-order valence-electron chi connectivity index (χ4n) is 5.85. The summed E-state index contributed by atoms with van der Waals surface area (Å²) in [5.41, 5.74) is 9.09. The number of carbonyl (C=O) groups excluding carboxylic acids is 1. The van der Waals surface area contributed by atoms with E-state index in [1.165, 1.54) is 64.4 Å². The maximum absolute atomic E-state index is 12.0. The molecule has 0 aromatic carbocycles.